The summed E-state index contributed by atoms with van der Waals surface area (Å²) in [5.41, 5.74) is 0.466. The third kappa shape index (κ3) is 7.51. The molecule has 1 heterocycles. The van der Waals surface area contributed by atoms with Gasteiger partial charge in [-0.25, -0.2) is 0 Å². The van der Waals surface area contributed by atoms with Crippen LogP contribution in [0.15, 0.2) is 0 Å². The van der Waals surface area contributed by atoms with Gasteiger partial charge in [-0.05, 0) is 53.4 Å². The van der Waals surface area contributed by atoms with Crippen molar-refractivity contribution in [2.75, 3.05) is 26.2 Å². The molecular formula is C19H40N4. The second-order valence-electron chi connectivity index (χ2n) is 8.99. The van der Waals surface area contributed by atoms with Crippen LogP contribution in [0.2, 0.25) is 0 Å². The largest absolute Gasteiger partial charge is 0.314 e. The molecule has 4 heteroatoms. The Hall–Kier alpha value is -0.160. The second-order valence-corrected chi connectivity index (χ2v) is 8.99. The van der Waals surface area contributed by atoms with Crippen molar-refractivity contribution in [3.8, 4) is 0 Å². The summed E-state index contributed by atoms with van der Waals surface area (Å²) in [6, 6.07) is 1.41. The fourth-order valence-electron chi connectivity index (χ4n) is 4.63. The molecule has 0 aromatic rings. The first kappa shape index (κ1) is 19.2. The lowest BCUT2D eigenvalue weighted by Crippen LogP contribution is -2.62. The van der Waals surface area contributed by atoms with E-state index in [-0.39, 0.29) is 11.1 Å². The second kappa shape index (κ2) is 8.80. The van der Waals surface area contributed by atoms with Crippen LogP contribution in [0.25, 0.3) is 0 Å². The zero-order valence-electron chi connectivity index (χ0n) is 15.9. The molecule has 1 aliphatic heterocycles. The van der Waals surface area contributed by atoms with Gasteiger partial charge in [0.2, 0.25) is 0 Å². The van der Waals surface area contributed by atoms with Gasteiger partial charge in [-0.2, -0.15) is 0 Å². The van der Waals surface area contributed by atoms with E-state index in [9.17, 15) is 0 Å². The monoisotopic (exact) mass is 324 g/mol. The Balaban J connectivity index is 1.50. The summed E-state index contributed by atoms with van der Waals surface area (Å²) in [6.45, 7) is 13.6. The fraction of sp³-hybridized carbons (Fsp3) is 1.00. The molecule has 0 atom stereocenters. The molecule has 0 bridgehead atoms. The van der Waals surface area contributed by atoms with E-state index in [0.29, 0.717) is 6.04 Å². The summed E-state index contributed by atoms with van der Waals surface area (Å²) in [4.78, 5) is 0. The number of nitrogens with one attached hydrogen (secondary N) is 4. The molecular weight excluding hydrogens is 284 g/mol. The predicted molar refractivity (Wildman–Crippen MR) is 100 cm³/mol. The topological polar surface area (TPSA) is 48.1 Å². The van der Waals surface area contributed by atoms with Crippen LogP contribution in [-0.4, -0.2) is 49.3 Å². The van der Waals surface area contributed by atoms with E-state index in [1.807, 2.05) is 0 Å². The lowest BCUT2D eigenvalue weighted by Gasteiger charge is -2.46. The Morgan fingerprint density at radius 2 is 1.26 bits per heavy atom. The standard InChI is InChI=1S/C19H40N4/c1-18(2)14-17(15-19(3,4)23-18)22-13-11-20-10-12-21-16-8-6-5-7-9-16/h16-17,20-23H,5-15H2,1-4H3. The van der Waals surface area contributed by atoms with Crippen LogP contribution in [0.3, 0.4) is 0 Å². The van der Waals surface area contributed by atoms with E-state index in [4.69, 9.17) is 0 Å². The molecule has 4 N–H and O–H groups in total. The summed E-state index contributed by atoms with van der Waals surface area (Å²) in [7, 11) is 0. The van der Waals surface area contributed by atoms with Gasteiger partial charge in [0, 0.05) is 49.3 Å². The Bertz CT molecular complexity index is 318. The van der Waals surface area contributed by atoms with Crippen LogP contribution >= 0.6 is 0 Å². The Kier molecular flexibility index (Phi) is 7.33. The van der Waals surface area contributed by atoms with Crippen LogP contribution in [0.4, 0.5) is 0 Å². The Labute approximate surface area is 143 Å². The van der Waals surface area contributed by atoms with Crippen molar-refractivity contribution < 1.29 is 0 Å². The van der Waals surface area contributed by atoms with Crippen LogP contribution in [0.1, 0.15) is 72.6 Å². The summed E-state index contributed by atoms with van der Waals surface area (Å²) in [5, 5.41) is 14.8. The van der Waals surface area contributed by atoms with Crippen molar-refractivity contribution in [2.24, 2.45) is 0 Å². The first-order valence-corrected chi connectivity index (χ1v) is 9.83. The quantitative estimate of drug-likeness (QED) is 0.518. The summed E-state index contributed by atoms with van der Waals surface area (Å²) >= 11 is 0. The van der Waals surface area contributed by atoms with Crippen molar-refractivity contribution in [1.82, 2.24) is 21.3 Å². The molecule has 0 amide bonds. The lowest BCUT2D eigenvalue weighted by molar-refractivity contribution is 0.146. The van der Waals surface area contributed by atoms with Crippen molar-refractivity contribution in [2.45, 2.75) is 95.8 Å². The summed E-state index contributed by atoms with van der Waals surface area (Å²) in [5.74, 6) is 0. The molecule has 2 aliphatic rings. The van der Waals surface area contributed by atoms with Crippen molar-refractivity contribution in [1.29, 1.82) is 0 Å². The summed E-state index contributed by atoms with van der Waals surface area (Å²) in [6.07, 6.45) is 9.44. The molecule has 0 aromatic heterocycles. The average Bonchev–Trinajstić information content (AvgIpc) is 2.44. The van der Waals surface area contributed by atoms with E-state index in [1.165, 1.54) is 44.9 Å². The summed E-state index contributed by atoms with van der Waals surface area (Å²) < 4.78 is 0. The molecule has 0 unspecified atom stereocenters. The van der Waals surface area contributed by atoms with Gasteiger partial charge in [-0.15, -0.1) is 0 Å². The third-order valence-corrected chi connectivity index (χ3v) is 5.26. The van der Waals surface area contributed by atoms with E-state index in [1.54, 1.807) is 0 Å². The molecule has 0 aromatic carbocycles. The maximum atomic E-state index is 3.75. The number of hydrogen-bond acceptors (Lipinski definition) is 4. The lowest BCUT2D eigenvalue weighted by atomic mass is 9.79. The predicted octanol–water partition coefficient (Wildman–Crippen LogP) is 2.40. The van der Waals surface area contributed by atoms with Gasteiger partial charge < -0.3 is 21.3 Å². The molecule has 2 rings (SSSR count). The number of hydrogen-bond donors (Lipinski definition) is 4. The zero-order valence-corrected chi connectivity index (χ0v) is 15.9. The molecule has 1 saturated carbocycles. The minimum absolute atomic E-state index is 0.233. The van der Waals surface area contributed by atoms with Crippen molar-refractivity contribution in [3.05, 3.63) is 0 Å². The van der Waals surface area contributed by atoms with Gasteiger partial charge in [-0.1, -0.05) is 19.3 Å². The number of rotatable bonds is 8. The van der Waals surface area contributed by atoms with Gasteiger partial charge in [0.25, 0.3) is 0 Å². The molecule has 4 nitrogen and oxygen atoms in total. The van der Waals surface area contributed by atoms with Crippen LogP contribution in [0, 0.1) is 0 Å². The molecule has 1 saturated heterocycles. The maximum Gasteiger partial charge on any atom is 0.0144 e. The Morgan fingerprint density at radius 3 is 1.83 bits per heavy atom. The van der Waals surface area contributed by atoms with Crippen LogP contribution < -0.4 is 21.3 Å². The molecule has 0 spiro atoms. The van der Waals surface area contributed by atoms with Crippen molar-refractivity contribution in [3.63, 3.8) is 0 Å². The molecule has 0 radical (unpaired) electrons. The van der Waals surface area contributed by atoms with Gasteiger partial charge in [0.1, 0.15) is 0 Å². The third-order valence-electron chi connectivity index (χ3n) is 5.26. The highest BCUT2D eigenvalue weighted by Gasteiger charge is 2.37. The van der Waals surface area contributed by atoms with Gasteiger partial charge in [0.05, 0.1) is 0 Å². The molecule has 1 aliphatic carbocycles. The number of piperidine rings is 1. The smallest absolute Gasteiger partial charge is 0.0144 e. The highest BCUT2D eigenvalue weighted by molar-refractivity contribution is 4.99. The first-order valence-electron chi connectivity index (χ1n) is 9.83. The normalized spacial score (nSPS) is 25.6. The van der Waals surface area contributed by atoms with E-state index in [0.717, 1.165) is 32.2 Å². The molecule has 23 heavy (non-hydrogen) atoms. The highest BCUT2D eigenvalue weighted by Crippen LogP contribution is 2.28. The van der Waals surface area contributed by atoms with E-state index in [2.05, 4.69) is 49.0 Å². The van der Waals surface area contributed by atoms with Gasteiger partial charge in [0.15, 0.2) is 0 Å². The molecule has 2 fully saturated rings. The Morgan fingerprint density at radius 1 is 0.739 bits per heavy atom. The van der Waals surface area contributed by atoms with E-state index < -0.39 is 0 Å². The van der Waals surface area contributed by atoms with E-state index >= 15 is 0 Å². The minimum atomic E-state index is 0.233. The fourth-order valence-corrected chi connectivity index (χ4v) is 4.63. The highest BCUT2D eigenvalue weighted by atomic mass is 15.1. The van der Waals surface area contributed by atoms with Crippen LogP contribution in [0.5, 0.6) is 0 Å². The molecule has 136 valence electrons. The van der Waals surface area contributed by atoms with Crippen LogP contribution in [-0.2, 0) is 0 Å². The SMILES string of the molecule is CC1(C)CC(NCCNCCNC2CCCCC2)CC(C)(C)N1. The maximum absolute atomic E-state index is 3.75. The zero-order chi connectivity index (χ0) is 16.8. The van der Waals surface area contributed by atoms with Crippen molar-refractivity contribution >= 4 is 0 Å². The van der Waals surface area contributed by atoms with Gasteiger partial charge >= 0.3 is 0 Å². The van der Waals surface area contributed by atoms with Gasteiger partial charge in [-0.3, -0.25) is 0 Å². The minimum Gasteiger partial charge on any atom is -0.314 e. The first-order chi connectivity index (χ1) is 10.9. The average molecular weight is 325 g/mol.